The number of benzene rings is 1. The van der Waals surface area contributed by atoms with Crippen molar-refractivity contribution in [3.63, 3.8) is 0 Å². The smallest absolute Gasteiger partial charge is 0.302 e. The zero-order valence-electron chi connectivity index (χ0n) is 15.9. The monoisotopic (exact) mass is 357 g/mol. The zero-order chi connectivity index (χ0) is 19.4. The van der Waals surface area contributed by atoms with Gasteiger partial charge in [0.25, 0.3) is 0 Å². The maximum absolute atomic E-state index is 12.5. The summed E-state index contributed by atoms with van der Waals surface area (Å²) >= 11 is 0. The summed E-state index contributed by atoms with van der Waals surface area (Å²) in [6.07, 6.45) is 8.75. The van der Waals surface area contributed by atoms with E-state index in [-0.39, 0.29) is 18.5 Å². The molecule has 1 aromatic carbocycles. The summed E-state index contributed by atoms with van der Waals surface area (Å²) in [4.78, 5) is 25.1. The molecule has 0 unspecified atom stereocenters. The molecule has 0 fully saturated rings. The first-order chi connectivity index (χ1) is 12.5. The Hall–Kier alpha value is -2.82. The molecule has 0 aliphatic carbocycles. The third-order valence-electron chi connectivity index (χ3n) is 3.55. The molecular weight excluding hydrogens is 330 g/mol. The highest BCUT2D eigenvalue weighted by atomic mass is 16.5. The van der Waals surface area contributed by atoms with Crippen LogP contribution in [-0.2, 0) is 20.9 Å². The van der Waals surface area contributed by atoms with Gasteiger partial charge in [-0.25, -0.2) is 0 Å². The van der Waals surface area contributed by atoms with Gasteiger partial charge in [0.1, 0.15) is 12.4 Å². The van der Waals surface area contributed by atoms with Gasteiger partial charge in [-0.05, 0) is 37.6 Å². The summed E-state index contributed by atoms with van der Waals surface area (Å²) in [5.74, 6) is 0.366. The fourth-order valence-electron chi connectivity index (χ4n) is 2.18. The first kappa shape index (κ1) is 21.2. The highest BCUT2D eigenvalue weighted by Crippen LogP contribution is 2.14. The molecule has 0 saturated heterocycles. The van der Waals surface area contributed by atoms with E-state index in [1.54, 1.807) is 24.2 Å². The molecule has 0 aromatic heterocycles. The fraction of sp³-hybridized carbons (Fsp3) is 0.333. The van der Waals surface area contributed by atoms with Crippen molar-refractivity contribution in [2.75, 3.05) is 20.3 Å². The van der Waals surface area contributed by atoms with E-state index in [9.17, 15) is 9.59 Å². The van der Waals surface area contributed by atoms with Gasteiger partial charge in [0.05, 0.1) is 7.11 Å². The molecule has 5 heteroatoms. The number of ether oxygens (including phenoxy) is 2. The van der Waals surface area contributed by atoms with E-state index >= 15 is 0 Å². The number of carbonyl (C=O) groups is 2. The molecule has 5 nitrogen and oxygen atoms in total. The molecule has 0 aliphatic heterocycles. The van der Waals surface area contributed by atoms with E-state index in [2.05, 4.69) is 0 Å². The second-order valence-electron chi connectivity index (χ2n) is 5.78. The first-order valence-electron chi connectivity index (χ1n) is 8.46. The number of hydrogen-bond acceptors (Lipinski definition) is 4. The summed E-state index contributed by atoms with van der Waals surface area (Å²) in [5, 5.41) is 0. The predicted octanol–water partition coefficient (Wildman–Crippen LogP) is 3.67. The van der Waals surface area contributed by atoms with Crippen LogP contribution in [0.3, 0.4) is 0 Å². The molecule has 1 amide bonds. The Balaban J connectivity index is 2.86. The lowest BCUT2D eigenvalue weighted by Crippen LogP contribution is -2.30. The molecule has 1 aromatic rings. The van der Waals surface area contributed by atoms with Crippen LogP contribution in [0.4, 0.5) is 0 Å². The number of nitrogens with zero attached hydrogens (tertiary/aromatic N) is 1. The predicted molar refractivity (Wildman–Crippen MR) is 103 cm³/mol. The lowest BCUT2D eigenvalue weighted by atomic mass is 10.1. The Bertz CT molecular complexity index is 672. The molecular formula is C21H27NO4. The van der Waals surface area contributed by atoms with E-state index in [0.29, 0.717) is 13.1 Å². The summed E-state index contributed by atoms with van der Waals surface area (Å²) in [6.45, 7) is 6.31. The summed E-state index contributed by atoms with van der Waals surface area (Å²) in [7, 11) is 1.62. The van der Waals surface area contributed by atoms with Gasteiger partial charge in [0, 0.05) is 26.1 Å². The van der Waals surface area contributed by atoms with Crippen LogP contribution in [0.5, 0.6) is 5.75 Å². The molecule has 26 heavy (non-hydrogen) atoms. The van der Waals surface area contributed by atoms with Crippen LogP contribution in [0, 0.1) is 0 Å². The van der Waals surface area contributed by atoms with Crippen LogP contribution in [0.2, 0.25) is 0 Å². The van der Waals surface area contributed by atoms with Crippen LogP contribution in [-0.4, -0.2) is 37.0 Å². The Labute approximate surface area is 155 Å². The highest BCUT2D eigenvalue weighted by molar-refractivity contribution is 5.88. The lowest BCUT2D eigenvalue weighted by Gasteiger charge is -2.22. The Morgan fingerprint density at radius 2 is 1.81 bits per heavy atom. The average Bonchev–Trinajstić information content (AvgIpc) is 2.61. The van der Waals surface area contributed by atoms with Gasteiger partial charge in [0.2, 0.25) is 5.91 Å². The minimum absolute atomic E-state index is 0.0841. The average molecular weight is 357 g/mol. The van der Waals surface area contributed by atoms with E-state index in [4.69, 9.17) is 9.47 Å². The first-order valence-corrected chi connectivity index (χ1v) is 8.46. The van der Waals surface area contributed by atoms with Crippen LogP contribution < -0.4 is 4.74 Å². The highest BCUT2D eigenvalue weighted by Gasteiger charge is 2.12. The van der Waals surface area contributed by atoms with Crippen molar-refractivity contribution in [2.45, 2.75) is 27.3 Å². The molecule has 0 atom stereocenters. The summed E-state index contributed by atoms with van der Waals surface area (Å²) in [5.41, 5.74) is 1.96. The minimum atomic E-state index is -0.325. The van der Waals surface area contributed by atoms with E-state index < -0.39 is 0 Å². The van der Waals surface area contributed by atoms with Crippen molar-refractivity contribution in [3.05, 3.63) is 65.8 Å². The molecule has 1 rings (SSSR count). The fourth-order valence-corrected chi connectivity index (χ4v) is 2.18. The Morgan fingerprint density at radius 3 is 2.38 bits per heavy atom. The van der Waals surface area contributed by atoms with Gasteiger partial charge in [-0.3, -0.25) is 9.59 Å². The maximum Gasteiger partial charge on any atom is 0.302 e. The molecule has 0 N–H and O–H groups in total. The molecule has 0 radical (unpaired) electrons. The largest absolute Gasteiger partial charge is 0.497 e. The standard InChI is InChI=1S/C21H27NO4/c1-5-6-7-8-21(24)22(15-17(2)13-14-26-18(3)23)16-19-9-11-20(25-4)12-10-19/h5-13H,14-16H2,1-4H3/b6-5+,8-7+,17-13+. The Kier molecular flexibility index (Phi) is 9.54. The van der Waals surface area contributed by atoms with Gasteiger partial charge in [0.15, 0.2) is 0 Å². The third-order valence-corrected chi connectivity index (χ3v) is 3.55. The molecule has 0 saturated carbocycles. The zero-order valence-corrected chi connectivity index (χ0v) is 15.9. The lowest BCUT2D eigenvalue weighted by molar-refractivity contribution is -0.139. The number of rotatable bonds is 9. The number of amides is 1. The van der Waals surface area contributed by atoms with Crippen LogP contribution >= 0.6 is 0 Å². The van der Waals surface area contributed by atoms with Crippen molar-refractivity contribution >= 4 is 11.9 Å². The van der Waals surface area contributed by atoms with Gasteiger partial charge in [-0.15, -0.1) is 0 Å². The Morgan fingerprint density at radius 1 is 1.12 bits per heavy atom. The summed E-state index contributed by atoms with van der Waals surface area (Å²) < 4.78 is 10.1. The number of methoxy groups -OCH3 is 1. The van der Waals surface area contributed by atoms with E-state index in [1.807, 2.05) is 56.3 Å². The minimum Gasteiger partial charge on any atom is -0.497 e. The van der Waals surface area contributed by atoms with Gasteiger partial charge in [-0.1, -0.05) is 35.9 Å². The van der Waals surface area contributed by atoms with E-state index in [0.717, 1.165) is 16.9 Å². The van der Waals surface area contributed by atoms with Gasteiger partial charge >= 0.3 is 5.97 Å². The number of allylic oxidation sites excluding steroid dienone is 3. The SMILES string of the molecule is C/C=C/C=C/C(=O)N(C/C(C)=C/COC(C)=O)Cc1ccc(OC)cc1. The molecule has 0 heterocycles. The molecule has 140 valence electrons. The molecule has 0 bridgehead atoms. The maximum atomic E-state index is 12.5. The third kappa shape index (κ3) is 8.33. The number of esters is 1. The van der Waals surface area contributed by atoms with Crippen molar-refractivity contribution < 1.29 is 19.1 Å². The quantitative estimate of drug-likeness (QED) is 0.293. The normalized spacial score (nSPS) is 11.8. The second kappa shape index (κ2) is 11.7. The second-order valence-corrected chi connectivity index (χ2v) is 5.78. The molecule has 0 aliphatic rings. The van der Waals surface area contributed by atoms with Crippen LogP contribution in [0.1, 0.15) is 26.3 Å². The van der Waals surface area contributed by atoms with E-state index in [1.165, 1.54) is 6.92 Å². The van der Waals surface area contributed by atoms with Gasteiger partial charge < -0.3 is 14.4 Å². The number of hydrogen-bond donors (Lipinski definition) is 0. The van der Waals surface area contributed by atoms with Crippen molar-refractivity contribution in [1.82, 2.24) is 4.90 Å². The van der Waals surface area contributed by atoms with Crippen LogP contribution in [0.15, 0.2) is 60.2 Å². The van der Waals surface area contributed by atoms with Crippen molar-refractivity contribution in [2.24, 2.45) is 0 Å². The summed E-state index contributed by atoms with van der Waals surface area (Å²) in [6, 6.07) is 7.62. The van der Waals surface area contributed by atoms with Gasteiger partial charge in [-0.2, -0.15) is 0 Å². The molecule has 0 spiro atoms. The van der Waals surface area contributed by atoms with Crippen molar-refractivity contribution in [3.8, 4) is 5.75 Å². The topological polar surface area (TPSA) is 55.8 Å². The van der Waals surface area contributed by atoms with Crippen molar-refractivity contribution in [1.29, 1.82) is 0 Å². The number of carbonyl (C=O) groups excluding carboxylic acids is 2. The van der Waals surface area contributed by atoms with Crippen LogP contribution in [0.25, 0.3) is 0 Å².